The Hall–Kier alpha value is -3.39. The maximum Gasteiger partial charge on any atom is 0.275 e. The molecule has 1 fully saturated rings. The third-order valence-corrected chi connectivity index (χ3v) is 5.46. The molecule has 1 aromatic heterocycles. The lowest BCUT2D eigenvalue weighted by Crippen LogP contribution is -2.44. The minimum Gasteiger partial charge on any atom is -0.346 e. The van der Waals surface area contributed by atoms with Gasteiger partial charge in [-0.05, 0) is 49.2 Å². The van der Waals surface area contributed by atoms with Gasteiger partial charge in [-0.25, -0.2) is 4.68 Å². The van der Waals surface area contributed by atoms with Gasteiger partial charge in [0.15, 0.2) is 0 Å². The van der Waals surface area contributed by atoms with Crippen molar-refractivity contribution in [3.8, 4) is 0 Å². The molecular formula is C21H19ClN4O4. The zero-order valence-electron chi connectivity index (χ0n) is 16.1. The normalized spacial score (nSPS) is 17.6. The van der Waals surface area contributed by atoms with Crippen molar-refractivity contribution in [1.82, 2.24) is 20.4 Å². The summed E-state index contributed by atoms with van der Waals surface area (Å²) >= 11 is 5.90. The standard InChI is InChI=1S/C21H19ClN4O4/c1-11(12-2-5-14(22)6-3-12)23-19(28)13-4-7-15-16(10-13)25-26(21(15)30)17-8-9-18(27)24-20(17)29/h2-7,10-11,17,25H,8-9H2,1H3,(H,23,28)(H,24,27,29)/t11-,17?/m0/s1. The van der Waals surface area contributed by atoms with Crippen molar-refractivity contribution in [3.05, 3.63) is 69.0 Å². The molecular weight excluding hydrogens is 408 g/mol. The number of nitrogens with zero attached hydrogens (tertiary/aromatic N) is 1. The van der Waals surface area contributed by atoms with E-state index in [0.29, 0.717) is 21.5 Å². The average Bonchev–Trinajstić information content (AvgIpc) is 3.04. The van der Waals surface area contributed by atoms with Crippen LogP contribution in [0.2, 0.25) is 5.02 Å². The van der Waals surface area contributed by atoms with E-state index in [9.17, 15) is 19.2 Å². The molecule has 3 aromatic rings. The first kappa shape index (κ1) is 19.9. The van der Waals surface area contributed by atoms with E-state index in [0.717, 1.165) is 5.56 Å². The molecule has 0 bridgehead atoms. The number of imide groups is 1. The lowest BCUT2D eigenvalue weighted by atomic mass is 10.1. The van der Waals surface area contributed by atoms with Crippen molar-refractivity contribution in [1.29, 1.82) is 0 Å². The van der Waals surface area contributed by atoms with Crippen LogP contribution in [0.4, 0.5) is 0 Å². The zero-order valence-corrected chi connectivity index (χ0v) is 16.8. The van der Waals surface area contributed by atoms with Crippen LogP contribution in [0.3, 0.4) is 0 Å². The summed E-state index contributed by atoms with van der Waals surface area (Å²) in [6.45, 7) is 1.86. The fourth-order valence-electron chi connectivity index (χ4n) is 3.54. The Morgan fingerprint density at radius 3 is 2.60 bits per heavy atom. The summed E-state index contributed by atoms with van der Waals surface area (Å²) in [4.78, 5) is 48.8. The second-order valence-corrected chi connectivity index (χ2v) is 7.70. The molecule has 154 valence electrons. The summed E-state index contributed by atoms with van der Waals surface area (Å²) in [6, 6.07) is 10.9. The summed E-state index contributed by atoms with van der Waals surface area (Å²) in [6.07, 6.45) is 0.401. The quantitative estimate of drug-likeness (QED) is 0.556. The highest BCUT2D eigenvalue weighted by molar-refractivity contribution is 6.30. The molecule has 2 aromatic carbocycles. The monoisotopic (exact) mass is 426 g/mol. The fraction of sp³-hybridized carbons (Fsp3) is 0.238. The Morgan fingerprint density at radius 2 is 1.90 bits per heavy atom. The number of hydrogen-bond acceptors (Lipinski definition) is 4. The molecule has 1 aliphatic rings. The summed E-state index contributed by atoms with van der Waals surface area (Å²) in [5.74, 6) is -1.17. The van der Waals surface area contributed by atoms with Gasteiger partial charge in [-0.15, -0.1) is 0 Å². The first-order valence-electron chi connectivity index (χ1n) is 9.48. The van der Waals surface area contributed by atoms with E-state index in [1.165, 1.54) is 4.68 Å². The number of aromatic nitrogens is 2. The molecule has 1 saturated heterocycles. The Labute approximate surface area is 176 Å². The van der Waals surface area contributed by atoms with Crippen molar-refractivity contribution in [2.24, 2.45) is 0 Å². The number of H-pyrrole nitrogens is 1. The predicted octanol–water partition coefficient (Wildman–Crippen LogP) is 2.45. The van der Waals surface area contributed by atoms with Gasteiger partial charge in [0.25, 0.3) is 17.4 Å². The molecule has 2 heterocycles. The number of nitrogens with one attached hydrogen (secondary N) is 3. The van der Waals surface area contributed by atoms with Gasteiger partial charge in [-0.2, -0.15) is 0 Å². The molecule has 3 N–H and O–H groups in total. The third kappa shape index (κ3) is 3.73. The highest BCUT2D eigenvalue weighted by atomic mass is 35.5. The fourth-order valence-corrected chi connectivity index (χ4v) is 3.66. The van der Waals surface area contributed by atoms with Crippen LogP contribution in [0.5, 0.6) is 0 Å². The Bertz CT molecular complexity index is 1210. The minimum atomic E-state index is -0.787. The van der Waals surface area contributed by atoms with Crippen LogP contribution in [0.25, 0.3) is 10.9 Å². The number of hydrogen-bond donors (Lipinski definition) is 3. The molecule has 9 heteroatoms. The summed E-state index contributed by atoms with van der Waals surface area (Å²) in [5, 5.41) is 9.03. The second-order valence-electron chi connectivity index (χ2n) is 7.26. The van der Waals surface area contributed by atoms with Gasteiger partial charge in [0, 0.05) is 17.0 Å². The first-order chi connectivity index (χ1) is 14.3. The molecule has 3 amide bonds. The maximum atomic E-state index is 12.7. The van der Waals surface area contributed by atoms with E-state index >= 15 is 0 Å². The molecule has 8 nitrogen and oxygen atoms in total. The third-order valence-electron chi connectivity index (χ3n) is 5.21. The van der Waals surface area contributed by atoms with Gasteiger partial charge in [0.1, 0.15) is 6.04 Å². The molecule has 0 spiro atoms. The van der Waals surface area contributed by atoms with E-state index < -0.39 is 11.9 Å². The number of aromatic amines is 1. The highest BCUT2D eigenvalue weighted by Gasteiger charge is 2.30. The number of carbonyl (C=O) groups excluding carboxylic acids is 3. The van der Waals surface area contributed by atoms with Gasteiger partial charge in [-0.1, -0.05) is 23.7 Å². The molecule has 2 atom stereocenters. The number of rotatable bonds is 4. The van der Waals surface area contributed by atoms with Crippen molar-refractivity contribution >= 4 is 40.2 Å². The van der Waals surface area contributed by atoms with Gasteiger partial charge in [0.2, 0.25) is 5.91 Å². The second kappa shape index (κ2) is 7.79. The van der Waals surface area contributed by atoms with Gasteiger partial charge in [-0.3, -0.25) is 29.6 Å². The van der Waals surface area contributed by atoms with Crippen molar-refractivity contribution in [3.63, 3.8) is 0 Å². The number of amides is 3. The van der Waals surface area contributed by atoms with Gasteiger partial charge in [0.05, 0.1) is 16.9 Å². The van der Waals surface area contributed by atoms with Crippen LogP contribution in [0.1, 0.15) is 47.8 Å². The summed E-state index contributed by atoms with van der Waals surface area (Å²) < 4.78 is 1.21. The summed E-state index contributed by atoms with van der Waals surface area (Å²) in [5.41, 5.74) is 1.35. The predicted molar refractivity (Wildman–Crippen MR) is 111 cm³/mol. The van der Waals surface area contributed by atoms with E-state index in [1.807, 2.05) is 19.1 Å². The molecule has 0 radical (unpaired) electrons. The van der Waals surface area contributed by atoms with Crippen molar-refractivity contribution < 1.29 is 14.4 Å². The molecule has 0 aliphatic carbocycles. The topological polar surface area (TPSA) is 113 Å². The summed E-state index contributed by atoms with van der Waals surface area (Å²) in [7, 11) is 0. The molecule has 1 aliphatic heterocycles. The zero-order chi connectivity index (χ0) is 21.4. The first-order valence-corrected chi connectivity index (χ1v) is 9.85. The largest absolute Gasteiger partial charge is 0.346 e. The van der Waals surface area contributed by atoms with E-state index in [1.54, 1.807) is 30.3 Å². The number of benzene rings is 2. The van der Waals surface area contributed by atoms with Crippen molar-refractivity contribution in [2.75, 3.05) is 0 Å². The Morgan fingerprint density at radius 1 is 1.17 bits per heavy atom. The molecule has 30 heavy (non-hydrogen) atoms. The van der Waals surface area contributed by atoms with E-state index in [4.69, 9.17) is 11.6 Å². The Balaban J connectivity index is 1.58. The lowest BCUT2D eigenvalue weighted by Gasteiger charge is -2.20. The lowest BCUT2D eigenvalue weighted by molar-refractivity contribution is -0.136. The maximum absolute atomic E-state index is 12.7. The smallest absolute Gasteiger partial charge is 0.275 e. The van der Waals surface area contributed by atoms with E-state index in [-0.39, 0.29) is 36.3 Å². The average molecular weight is 427 g/mol. The number of piperidine rings is 1. The van der Waals surface area contributed by atoms with Gasteiger partial charge < -0.3 is 5.32 Å². The minimum absolute atomic E-state index is 0.161. The van der Waals surface area contributed by atoms with Crippen LogP contribution in [0, 0.1) is 0 Å². The van der Waals surface area contributed by atoms with Crippen LogP contribution in [-0.4, -0.2) is 27.5 Å². The number of fused-ring (bicyclic) bond motifs is 1. The SMILES string of the molecule is C[C@H](NC(=O)c1ccc2c(=O)n(C3CCC(=O)NC3=O)[nH]c2c1)c1ccc(Cl)cc1. The van der Waals surface area contributed by atoms with E-state index in [2.05, 4.69) is 15.7 Å². The molecule has 4 rings (SSSR count). The van der Waals surface area contributed by atoms with Crippen LogP contribution < -0.4 is 16.2 Å². The van der Waals surface area contributed by atoms with Gasteiger partial charge >= 0.3 is 0 Å². The highest BCUT2D eigenvalue weighted by Crippen LogP contribution is 2.20. The number of halogens is 1. The van der Waals surface area contributed by atoms with Crippen LogP contribution in [-0.2, 0) is 9.59 Å². The number of carbonyl (C=O) groups is 3. The molecule has 1 unspecified atom stereocenters. The Kier molecular flexibility index (Phi) is 5.17. The van der Waals surface area contributed by atoms with Crippen LogP contribution >= 0.6 is 11.6 Å². The molecule has 0 saturated carbocycles. The van der Waals surface area contributed by atoms with Crippen LogP contribution in [0.15, 0.2) is 47.3 Å². The van der Waals surface area contributed by atoms with Crippen molar-refractivity contribution in [2.45, 2.75) is 31.8 Å².